The minimum Gasteiger partial charge on any atom is -0.618 e. The molecule has 4 nitrogen and oxygen atoms in total. The molecule has 1 aromatic heterocycles. The molecule has 0 bridgehead atoms. The van der Waals surface area contributed by atoms with Crippen LogP contribution in [0.1, 0.15) is 16.1 Å². The van der Waals surface area contributed by atoms with Crippen molar-refractivity contribution in [1.29, 1.82) is 0 Å². The molecule has 0 radical (unpaired) electrons. The van der Waals surface area contributed by atoms with Gasteiger partial charge in [0.1, 0.15) is 0 Å². The SMILES string of the molecule is COC(=O)c1c(C)ccc[n+]1[O-]. The number of esters is 1. The largest absolute Gasteiger partial charge is 0.618 e. The highest BCUT2D eigenvalue weighted by Crippen LogP contribution is 2.01. The predicted octanol–water partition coefficient (Wildman–Crippen LogP) is 0.415. The van der Waals surface area contributed by atoms with Crippen molar-refractivity contribution in [2.24, 2.45) is 0 Å². The van der Waals surface area contributed by atoms with Gasteiger partial charge >= 0.3 is 11.7 Å². The van der Waals surface area contributed by atoms with Crippen molar-refractivity contribution >= 4 is 5.97 Å². The highest BCUT2D eigenvalue weighted by molar-refractivity contribution is 5.87. The Bertz CT molecular complexity index is 289. The Hall–Kier alpha value is -1.58. The lowest BCUT2D eigenvalue weighted by atomic mass is 10.2. The first kappa shape index (κ1) is 8.52. The minimum absolute atomic E-state index is 0.0417. The summed E-state index contributed by atoms with van der Waals surface area (Å²) in [6.07, 6.45) is 1.26. The Morgan fingerprint density at radius 1 is 1.67 bits per heavy atom. The molecule has 1 heterocycles. The molecule has 4 heteroatoms. The molecular formula is C8H9NO3. The molecule has 0 fully saturated rings. The second-order valence-electron chi connectivity index (χ2n) is 2.36. The molecule has 1 rings (SSSR count). The zero-order valence-electron chi connectivity index (χ0n) is 6.90. The van der Waals surface area contributed by atoms with Gasteiger partial charge in [0.15, 0.2) is 6.20 Å². The highest BCUT2D eigenvalue weighted by atomic mass is 16.5. The number of aromatic nitrogens is 1. The van der Waals surface area contributed by atoms with Gasteiger partial charge < -0.3 is 9.94 Å². The number of rotatable bonds is 1. The number of hydrogen-bond acceptors (Lipinski definition) is 3. The van der Waals surface area contributed by atoms with Crippen molar-refractivity contribution < 1.29 is 14.3 Å². The van der Waals surface area contributed by atoms with Gasteiger partial charge in [-0.05, 0) is 13.0 Å². The fourth-order valence-corrected chi connectivity index (χ4v) is 0.940. The van der Waals surface area contributed by atoms with E-state index in [9.17, 15) is 10.0 Å². The van der Waals surface area contributed by atoms with E-state index in [4.69, 9.17) is 0 Å². The number of hydrogen-bond donors (Lipinski definition) is 0. The number of pyridine rings is 1. The quantitative estimate of drug-likeness (QED) is 0.346. The maximum atomic E-state index is 11.1. The van der Waals surface area contributed by atoms with Crippen LogP contribution in [0.2, 0.25) is 0 Å². The summed E-state index contributed by atoms with van der Waals surface area (Å²) in [5, 5.41) is 11.1. The summed E-state index contributed by atoms with van der Waals surface area (Å²) in [4.78, 5) is 11.0. The zero-order chi connectivity index (χ0) is 9.14. The van der Waals surface area contributed by atoms with E-state index >= 15 is 0 Å². The Morgan fingerprint density at radius 3 is 2.83 bits per heavy atom. The van der Waals surface area contributed by atoms with E-state index in [1.807, 2.05) is 0 Å². The normalized spacial score (nSPS) is 9.50. The molecule has 0 amide bonds. The van der Waals surface area contributed by atoms with E-state index in [1.54, 1.807) is 19.1 Å². The van der Waals surface area contributed by atoms with Gasteiger partial charge in [-0.2, -0.15) is 4.73 Å². The van der Waals surface area contributed by atoms with Crippen LogP contribution in [-0.2, 0) is 4.74 Å². The van der Waals surface area contributed by atoms with Gasteiger partial charge in [-0.1, -0.05) is 0 Å². The summed E-state index contributed by atoms with van der Waals surface area (Å²) in [6.45, 7) is 1.68. The fourth-order valence-electron chi connectivity index (χ4n) is 0.940. The van der Waals surface area contributed by atoms with E-state index in [-0.39, 0.29) is 5.69 Å². The third-order valence-electron chi connectivity index (χ3n) is 1.54. The van der Waals surface area contributed by atoms with Crippen LogP contribution >= 0.6 is 0 Å². The maximum absolute atomic E-state index is 11.1. The summed E-state index contributed by atoms with van der Waals surface area (Å²) in [5.74, 6) is -0.608. The summed E-state index contributed by atoms with van der Waals surface area (Å²) in [5.41, 5.74) is 0.652. The lowest BCUT2D eigenvalue weighted by Crippen LogP contribution is -2.35. The predicted molar refractivity (Wildman–Crippen MR) is 41.5 cm³/mol. The van der Waals surface area contributed by atoms with Gasteiger partial charge in [-0.15, -0.1) is 0 Å². The molecule has 0 N–H and O–H groups in total. The Labute approximate surface area is 70.0 Å². The van der Waals surface area contributed by atoms with E-state index in [0.29, 0.717) is 10.3 Å². The smallest absolute Gasteiger partial charge is 0.405 e. The van der Waals surface area contributed by atoms with Crippen LogP contribution in [0.5, 0.6) is 0 Å². The summed E-state index contributed by atoms with van der Waals surface area (Å²) in [7, 11) is 1.24. The molecule has 0 saturated carbocycles. The molecule has 12 heavy (non-hydrogen) atoms. The molecule has 0 saturated heterocycles. The van der Waals surface area contributed by atoms with Crippen molar-refractivity contribution in [3.05, 3.63) is 34.8 Å². The number of aryl methyl sites for hydroxylation is 1. The van der Waals surface area contributed by atoms with E-state index < -0.39 is 5.97 Å². The number of methoxy groups -OCH3 is 1. The average molecular weight is 167 g/mol. The van der Waals surface area contributed by atoms with Crippen LogP contribution in [0, 0.1) is 12.1 Å². The van der Waals surface area contributed by atoms with E-state index in [2.05, 4.69) is 4.74 Å². The molecule has 0 aromatic carbocycles. The molecule has 0 aliphatic rings. The molecule has 0 unspecified atom stereocenters. The Kier molecular flexibility index (Phi) is 2.28. The molecule has 0 atom stereocenters. The monoisotopic (exact) mass is 167 g/mol. The molecule has 1 aromatic rings. The van der Waals surface area contributed by atoms with Crippen molar-refractivity contribution in [2.75, 3.05) is 7.11 Å². The molecule has 0 spiro atoms. The third kappa shape index (κ3) is 1.37. The first-order valence-electron chi connectivity index (χ1n) is 3.44. The highest BCUT2D eigenvalue weighted by Gasteiger charge is 2.18. The van der Waals surface area contributed by atoms with Gasteiger partial charge in [0.25, 0.3) is 0 Å². The summed E-state index contributed by atoms with van der Waals surface area (Å²) >= 11 is 0. The number of carbonyl (C=O) groups excluding carboxylic acids is 1. The van der Waals surface area contributed by atoms with Crippen LogP contribution in [0.3, 0.4) is 0 Å². The first-order valence-corrected chi connectivity index (χ1v) is 3.44. The van der Waals surface area contributed by atoms with Gasteiger partial charge in [0, 0.05) is 11.6 Å². The molecule has 0 aliphatic heterocycles. The Morgan fingerprint density at radius 2 is 2.33 bits per heavy atom. The molecule has 64 valence electrons. The van der Waals surface area contributed by atoms with Gasteiger partial charge in [0.2, 0.25) is 0 Å². The standard InChI is InChI=1S/C8H9NO3/c1-6-4-3-5-9(11)7(6)8(10)12-2/h3-5H,1-2H3. The lowest BCUT2D eigenvalue weighted by molar-refractivity contribution is -0.608. The number of ether oxygens (including phenoxy) is 1. The first-order chi connectivity index (χ1) is 5.66. The van der Waals surface area contributed by atoms with Crippen molar-refractivity contribution in [3.63, 3.8) is 0 Å². The maximum Gasteiger partial charge on any atom is 0.405 e. The lowest BCUT2D eigenvalue weighted by Gasteiger charge is -2.03. The van der Waals surface area contributed by atoms with Crippen molar-refractivity contribution in [3.8, 4) is 0 Å². The van der Waals surface area contributed by atoms with E-state index in [0.717, 1.165) is 0 Å². The van der Waals surface area contributed by atoms with Gasteiger partial charge in [-0.3, -0.25) is 0 Å². The van der Waals surface area contributed by atoms with Crippen LogP contribution in [0.15, 0.2) is 18.3 Å². The summed E-state index contributed by atoms with van der Waals surface area (Å²) in [6, 6.07) is 3.26. The zero-order valence-corrected chi connectivity index (χ0v) is 6.90. The van der Waals surface area contributed by atoms with Gasteiger partial charge in [0.05, 0.1) is 7.11 Å². The third-order valence-corrected chi connectivity index (χ3v) is 1.54. The van der Waals surface area contributed by atoms with Crippen LogP contribution < -0.4 is 4.73 Å². The van der Waals surface area contributed by atoms with Crippen molar-refractivity contribution in [1.82, 2.24) is 0 Å². The Balaban J connectivity index is 3.21. The average Bonchev–Trinajstić information content (AvgIpc) is 2.03. The van der Waals surface area contributed by atoms with E-state index in [1.165, 1.54) is 13.3 Å². The van der Waals surface area contributed by atoms with Crippen molar-refractivity contribution in [2.45, 2.75) is 6.92 Å². The topological polar surface area (TPSA) is 53.2 Å². The summed E-state index contributed by atoms with van der Waals surface area (Å²) < 4.78 is 4.94. The van der Waals surface area contributed by atoms with Crippen LogP contribution in [-0.4, -0.2) is 13.1 Å². The second-order valence-corrected chi connectivity index (χ2v) is 2.36. The van der Waals surface area contributed by atoms with Crippen LogP contribution in [0.25, 0.3) is 0 Å². The molecule has 0 aliphatic carbocycles. The van der Waals surface area contributed by atoms with Crippen LogP contribution in [0.4, 0.5) is 0 Å². The number of carbonyl (C=O) groups is 1. The fraction of sp³-hybridized carbons (Fsp3) is 0.250. The molecular weight excluding hydrogens is 158 g/mol. The van der Waals surface area contributed by atoms with Gasteiger partial charge in [-0.25, -0.2) is 4.79 Å². The second kappa shape index (κ2) is 3.21. The minimum atomic E-state index is -0.608. The number of nitrogens with zero attached hydrogens (tertiary/aromatic N) is 1.